The monoisotopic (exact) mass is 249 g/mol. The summed E-state index contributed by atoms with van der Waals surface area (Å²) in [4.78, 5) is 11.0. The van der Waals surface area contributed by atoms with E-state index in [2.05, 4.69) is 5.16 Å². The standard InChI is InChI=1S/C12H11NO5/c1-16-7-3-4-10(17-2)8(5-7)11-9(12(14)15)6-13-18-11/h3-6H,1-2H3,(H,14,15). The van der Waals surface area contributed by atoms with Crippen molar-refractivity contribution < 1.29 is 23.9 Å². The molecule has 0 aliphatic heterocycles. The fourth-order valence-corrected chi connectivity index (χ4v) is 1.58. The van der Waals surface area contributed by atoms with Crippen molar-refractivity contribution in [3.05, 3.63) is 30.0 Å². The van der Waals surface area contributed by atoms with Crippen LogP contribution in [0.25, 0.3) is 11.3 Å². The summed E-state index contributed by atoms with van der Waals surface area (Å²) >= 11 is 0. The molecule has 2 aromatic rings. The maximum atomic E-state index is 11.0. The van der Waals surface area contributed by atoms with E-state index >= 15 is 0 Å². The fraction of sp³-hybridized carbons (Fsp3) is 0.167. The van der Waals surface area contributed by atoms with E-state index in [9.17, 15) is 4.79 Å². The van der Waals surface area contributed by atoms with Crippen molar-refractivity contribution in [3.63, 3.8) is 0 Å². The highest BCUT2D eigenvalue weighted by atomic mass is 16.5. The Morgan fingerprint density at radius 3 is 2.72 bits per heavy atom. The number of benzene rings is 1. The molecular formula is C12H11NO5. The normalized spacial score (nSPS) is 10.1. The van der Waals surface area contributed by atoms with Crippen LogP contribution in [0.3, 0.4) is 0 Å². The van der Waals surface area contributed by atoms with Crippen LogP contribution in [0.1, 0.15) is 10.4 Å². The molecule has 6 heteroatoms. The molecule has 0 aliphatic rings. The van der Waals surface area contributed by atoms with E-state index in [0.717, 1.165) is 6.20 Å². The van der Waals surface area contributed by atoms with Crippen molar-refractivity contribution in [1.82, 2.24) is 5.16 Å². The summed E-state index contributed by atoms with van der Waals surface area (Å²) in [7, 11) is 3.01. The second-order valence-electron chi connectivity index (χ2n) is 3.44. The molecule has 0 radical (unpaired) electrons. The maximum Gasteiger partial charge on any atom is 0.341 e. The van der Waals surface area contributed by atoms with Crippen LogP contribution in [0.15, 0.2) is 28.9 Å². The van der Waals surface area contributed by atoms with Crippen molar-refractivity contribution in [2.24, 2.45) is 0 Å². The highest BCUT2D eigenvalue weighted by molar-refractivity contribution is 5.94. The van der Waals surface area contributed by atoms with Gasteiger partial charge in [0.1, 0.15) is 17.1 Å². The lowest BCUT2D eigenvalue weighted by molar-refractivity contribution is 0.0697. The molecule has 0 amide bonds. The zero-order chi connectivity index (χ0) is 13.1. The third-order valence-electron chi connectivity index (χ3n) is 2.45. The van der Waals surface area contributed by atoms with Crippen molar-refractivity contribution in [1.29, 1.82) is 0 Å². The van der Waals surface area contributed by atoms with Crippen LogP contribution in [0, 0.1) is 0 Å². The number of hydrogen-bond acceptors (Lipinski definition) is 5. The molecule has 1 N–H and O–H groups in total. The first-order chi connectivity index (χ1) is 8.67. The van der Waals surface area contributed by atoms with Gasteiger partial charge in [-0.25, -0.2) is 4.79 Å². The number of carboxylic acid groups (broad SMARTS) is 1. The number of carbonyl (C=O) groups is 1. The lowest BCUT2D eigenvalue weighted by Gasteiger charge is -2.08. The first kappa shape index (κ1) is 12.0. The van der Waals surface area contributed by atoms with Gasteiger partial charge in [0.2, 0.25) is 0 Å². The number of ether oxygens (including phenoxy) is 2. The first-order valence-electron chi connectivity index (χ1n) is 5.07. The van der Waals surface area contributed by atoms with Crippen molar-refractivity contribution in [2.75, 3.05) is 14.2 Å². The molecule has 0 saturated carbocycles. The number of methoxy groups -OCH3 is 2. The summed E-state index contributed by atoms with van der Waals surface area (Å²) in [6.07, 6.45) is 1.15. The number of rotatable bonds is 4. The average molecular weight is 249 g/mol. The molecular weight excluding hydrogens is 238 g/mol. The van der Waals surface area contributed by atoms with Crippen LogP contribution in [-0.2, 0) is 0 Å². The van der Waals surface area contributed by atoms with Crippen molar-refractivity contribution in [2.45, 2.75) is 0 Å². The number of aromatic carboxylic acids is 1. The Balaban J connectivity index is 2.61. The van der Waals surface area contributed by atoms with Gasteiger partial charge in [-0.2, -0.15) is 0 Å². The van der Waals surface area contributed by atoms with Gasteiger partial charge in [0, 0.05) is 0 Å². The Bertz CT molecular complexity index is 576. The SMILES string of the molecule is COc1ccc(OC)c(-c2oncc2C(=O)O)c1. The highest BCUT2D eigenvalue weighted by Crippen LogP contribution is 2.35. The average Bonchev–Trinajstić information content (AvgIpc) is 2.87. The van der Waals surface area contributed by atoms with Gasteiger partial charge in [0.15, 0.2) is 5.76 Å². The van der Waals surface area contributed by atoms with Gasteiger partial charge in [0.05, 0.1) is 26.0 Å². The number of nitrogens with zero attached hydrogens (tertiary/aromatic N) is 1. The molecule has 0 atom stereocenters. The lowest BCUT2D eigenvalue weighted by Crippen LogP contribution is -1.97. The second-order valence-corrected chi connectivity index (χ2v) is 3.44. The van der Waals surface area contributed by atoms with E-state index in [1.54, 1.807) is 18.2 Å². The van der Waals surface area contributed by atoms with Crippen LogP contribution in [0.2, 0.25) is 0 Å². The van der Waals surface area contributed by atoms with E-state index in [1.807, 2.05) is 0 Å². The van der Waals surface area contributed by atoms with Gasteiger partial charge in [-0.05, 0) is 18.2 Å². The Morgan fingerprint density at radius 1 is 1.33 bits per heavy atom. The minimum atomic E-state index is -1.11. The third kappa shape index (κ3) is 2.00. The summed E-state index contributed by atoms with van der Waals surface area (Å²) in [5.74, 6) is 0.0722. The van der Waals surface area contributed by atoms with E-state index in [4.69, 9.17) is 19.1 Å². The molecule has 0 aliphatic carbocycles. The Labute approximate surface area is 103 Å². The van der Waals surface area contributed by atoms with Crippen LogP contribution >= 0.6 is 0 Å². The summed E-state index contributed by atoms with van der Waals surface area (Å²) in [5, 5.41) is 12.5. The van der Waals surface area contributed by atoms with Crippen LogP contribution in [0.5, 0.6) is 11.5 Å². The van der Waals surface area contributed by atoms with Gasteiger partial charge in [-0.1, -0.05) is 5.16 Å². The lowest BCUT2D eigenvalue weighted by atomic mass is 10.1. The van der Waals surface area contributed by atoms with E-state index in [1.165, 1.54) is 14.2 Å². The molecule has 0 saturated heterocycles. The van der Waals surface area contributed by atoms with Gasteiger partial charge in [-0.15, -0.1) is 0 Å². The predicted molar refractivity (Wildman–Crippen MR) is 62.0 cm³/mol. The molecule has 0 unspecified atom stereocenters. The highest BCUT2D eigenvalue weighted by Gasteiger charge is 2.20. The minimum Gasteiger partial charge on any atom is -0.497 e. The Kier molecular flexibility index (Phi) is 3.18. The van der Waals surface area contributed by atoms with Crippen molar-refractivity contribution >= 4 is 5.97 Å². The molecule has 0 fully saturated rings. The van der Waals surface area contributed by atoms with Crippen molar-refractivity contribution in [3.8, 4) is 22.8 Å². The molecule has 6 nitrogen and oxygen atoms in total. The summed E-state index contributed by atoms with van der Waals surface area (Å²) in [6, 6.07) is 5.01. The molecule has 1 heterocycles. The quantitative estimate of drug-likeness (QED) is 0.893. The third-order valence-corrected chi connectivity index (χ3v) is 2.45. The van der Waals surface area contributed by atoms with Crippen LogP contribution in [0.4, 0.5) is 0 Å². The van der Waals surface area contributed by atoms with Gasteiger partial charge >= 0.3 is 5.97 Å². The number of hydrogen-bond donors (Lipinski definition) is 1. The molecule has 94 valence electrons. The van der Waals surface area contributed by atoms with Crippen LogP contribution < -0.4 is 9.47 Å². The molecule has 18 heavy (non-hydrogen) atoms. The first-order valence-corrected chi connectivity index (χ1v) is 5.07. The predicted octanol–water partition coefficient (Wildman–Crippen LogP) is 2.06. The molecule has 1 aromatic carbocycles. The second kappa shape index (κ2) is 4.79. The molecule has 1 aromatic heterocycles. The van der Waals surface area contributed by atoms with Gasteiger partial charge in [-0.3, -0.25) is 0 Å². The smallest absolute Gasteiger partial charge is 0.341 e. The zero-order valence-corrected chi connectivity index (χ0v) is 9.84. The maximum absolute atomic E-state index is 11.0. The summed E-state index contributed by atoms with van der Waals surface area (Å²) < 4.78 is 15.2. The minimum absolute atomic E-state index is 0.0263. The number of aromatic nitrogens is 1. The fourth-order valence-electron chi connectivity index (χ4n) is 1.58. The summed E-state index contributed by atoms with van der Waals surface area (Å²) in [5.41, 5.74) is 0.452. The molecule has 0 spiro atoms. The molecule has 0 bridgehead atoms. The van der Waals surface area contributed by atoms with Crippen LogP contribution in [-0.4, -0.2) is 30.5 Å². The van der Waals surface area contributed by atoms with E-state index < -0.39 is 5.97 Å². The Morgan fingerprint density at radius 2 is 2.11 bits per heavy atom. The number of carboxylic acids is 1. The van der Waals surface area contributed by atoms with Gasteiger partial charge < -0.3 is 19.1 Å². The van der Waals surface area contributed by atoms with E-state index in [0.29, 0.717) is 17.1 Å². The van der Waals surface area contributed by atoms with E-state index in [-0.39, 0.29) is 11.3 Å². The largest absolute Gasteiger partial charge is 0.497 e. The van der Waals surface area contributed by atoms with Gasteiger partial charge in [0.25, 0.3) is 0 Å². The molecule has 2 rings (SSSR count). The Hall–Kier alpha value is -2.50. The topological polar surface area (TPSA) is 81.8 Å². The summed E-state index contributed by atoms with van der Waals surface area (Å²) in [6.45, 7) is 0. The zero-order valence-electron chi connectivity index (χ0n) is 9.84.